The highest BCUT2D eigenvalue weighted by Gasteiger charge is 2.15. The molecule has 0 saturated carbocycles. The highest BCUT2D eigenvalue weighted by atomic mass is 16.3. The second-order valence-electron chi connectivity index (χ2n) is 7.60. The Morgan fingerprint density at radius 3 is 0.919 bits per heavy atom. The van der Waals surface area contributed by atoms with Gasteiger partial charge in [-0.2, -0.15) is 0 Å². The van der Waals surface area contributed by atoms with Gasteiger partial charge in [-0.25, -0.2) is 0 Å². The molecule has 0 aliphatic carbocycles. The summed E-state index contributed by atoms with van der Waals surface area (Å²) >= 11 is 0. The van der Waals surface area contributed by atoms with Gasteiger partial charge in [0.25, 0.3) is 0 Å². The van der Waals surface area contributed by atoms with Crippen LogP contribution in [-0.4, -0.2) is 10.2 Å². The molecule has 0 bridgehead atoms. The Balaban J connectivity index is 0. The number of phenols is 2. The van der Waals surface area contributed by atoms with Crippen LogP contribution >= 0.6 is 0 Å². The van der Waals surface area contributed by atoms with Gasteiger partial charge in [-0.3, -0.25) is 0 Å². The van der Waals surface area contributed by atoms with Crippen LogP contribution in [0.15, 0.2) is 115 Å². The number of aromatic hydroxyl groups is 2. The first-order valence-corrected chi connectivity index (χ1v) is 13.7. The maximum atomic E-state index is 9.48. The van der Waals surface area contributed by atoms with E-state index in [9.17, 15) is 5.11 Å². The summed E-state index contributed by atoms with van der Waals surface area (Å²) in [6, 6.07) is 37.1. The maximum absolute atomic E-state index is 9.48. The van der Waals surface area contributed by atoms with Crippen LogP contribution in [0, 0.1) is 0 Å². The van der Waals surface area contributed by atoms with E-state index in [0.717, 1.165) is 0 Å². The van der Waals surface area contributed by atoms with Crippen LogP contribution < -0.4 is 0 Å². The average molecular weight is 503 g/mol. The molecule has 4 aromatic carbocycles. The van der Waals surface area contributed by atoms with Crippen molar-refractivity contribution in [1.29, 1.82) is 0 Å². The van der Waals surface area contributed by atoms with Crippen LogP contribution in [-0.2, 0) is 0 Å². The van der Waals surface area contributed by atoms with E-state index in [1.54, 1.807) is 36.4 Å². The van der Waals surface area contributed by atoms with Gasteiger partial charge in [0.1, 0.15) is 11.5 Å². The maximum Gasteiger partial charge on any atom is 0.115 e. The molecular weight excluding hydrogens is 452 g/mol. The van der Waals surface area contributed by atoms with Crippen molar-refractivity contribution in [3.05, 3.63) is 132 Å². The standard InChI is InChI=1S/C19H16O.C6H6O.2C3H8.2C2H6/c20-18-13-11-17(12-14-18)19(15-7-3-1-4-8-15)16-9-5-2-6-10-16;7-6-4-2-1-3-5-6;2*1-3-2;2*1-2/h1-14,19-20H;1-5,7H;2*3H2,1-2H3;2*1-2H3. The van der Waals surface area contributed by atoms with Gasteiger partial charge >= 0.3 is 0 Å². The van der Waals surface area contributed by atoms with Gasteiger partial charge in [-0.15, -0.1) is 0 Å². The number of rotatable bonds is 3. The molecule has 0 atom stereocenters. The van der Waals surface area contributed by atoms with Crippen molar-refractivity contribution in [3.63, 3.8) is 0 Å². The molecule has 2 N–H and O–H groups in total. The summed E-state index contributed by atoms with van der Waals surface area (Å²) < 4.78 is 0. The van der Waals surface area contributed by atoms with E-state index in [-0.39, 0.29) is 5.92 Å². The summed E-state index contributed by atoms with van der Waals surface area (Å²) in [6.45, 7) is 16.5. The first kappa shape index (κ1) is 35.6. The Morgan fingerprint density at radius 1 is 0.405 bits per heavy atom. The third-order valence-corrected chi connectivity index (χ3v) is 4.25. The van der Waals surface area contributed by atoms with Crippen LogP contribution in [0.25, 0.3) is 0 Å². The summed E-state index contributed by atoms with van der Waals surface area (Å²) in [7, 11) is 0. The number of benzene rings is 4. The van der Waals surface area contributed by atoms with Gasteiger partial charge < -0.3 is 10.2 Å². The second kappa shape index (κ2) is 25.6. The third kappa shape index (κ3) is 16.7. The third-order valence-electron chi connectivity index (χ3n) is 4.25. The minimum atomic E-state index is 0.193. The van der Waals surface area contributed by atoms with Crippen LogP contribution in [0.2, 0.25) is 0 Å². The summed E-state index contributed by atoms with van der Waals surface area (Å²) in [5.74, 6) is 0.814. The lowest BCUT2D eigenvalue weighted by molar-refractivity contribution is 0.474. The molecule has 0 spiro atoms. The van der Waals surface area contributed by atoms with E-state index in [2.05, 4.69) is 76.2 Å². The molecule has 0 amide bonds. The molecule has 4 aromatic rings. The minimum absolute atomic E-state index is 0.193. The zero-order chi connectivity index (χ0) is 28.3. The lowest BCUT2D eigenvalue weighted by Crippen LogP contribution is -2.02. The largest absolute Gasteiger partial charge is 0.508 e. The van der Waals surface area contributed by atoms with E-state index < -0.39 is 0 Å². The van der Waals surface area contributed by atoms with Crippen molar-refractivity contribution in [1.82, 2.24) is 0 Å². The van der Waals surface area contributed by atoms with E-state index in [1.807, 2.05) is 58.0 Å². The molecular formula is C35H50O2. The van der Waals surface area contributed by atoms with E-state index in [4.69, 9.17) is 5.11 Å². The number of hydrogen-bond donors (Lipinski definition) is 2. The molecule has 0 aliphatic heterocycles. The molecule has 0 radical (unpaired) electrons. The monoisotopic (exact) mass is 502 g/mol. The van der Waals surface area contributed by atoms with Crippen LogP contribution in [0.1, 0.15) is 90.8 Å². The predicted octanol–water partition coefficient (Wildman–Crippen LogP) is 10.8. The Bertz CT molecular complexity index is 909. The Kier molecular flexibility index (Phi) is 24.6. The topological polar surface area (TPSA) is 40.5 Å². The molecule has 2 heteroatoms. The quantitative estimate of drug-likeness (QED) is 0.273. The Hall–Kier alpha value is -3.52. The SMILES string of the molecule is CC.CC.CCC.CCC.Oc1ccc(C(c2ccccc2)c2ccccc2)cc1.Oc1ccccc1. The van der Waals surface area contributed by atoms with Crippen molar-refractivity contribution in [3.8, 4) is 11.5 Å². The summed E-state index contributed by atoms with van der Waals surface area (Å²) in [4.78, 5) is 0. The molecule has 0 saturated heterocycles. The molecule has 0 fully saturated rings. The molecule has 0 unspecified atom stereocenters. The zero-order valence-electron chi connectivity index (χ0n) is 24.4. The van der Waals surface area contributed by atoms with E-state index in [0.29, 0.717) is 11.5 Å². The lowest BCUT2D eigenvalue weighted by atomic mass is 9.85. The minimum Gasteiger partial charge on any atom is -0.508 e. The molecule has 0 aliphatic rings. The molecule has 0 aromatic heterocycles. The molecule has 4 rings (SSSR count). The highest BCUT2D eigenvalue weighted by molar-refractivity contribution is 5.44. The number of phenolic OH excluding ortho intramolecular Hbond substituents is 2. The number of para-hydroxylation sites is 1. The average Bonchev–Trinajstić information content (AvgIpc) is 2.95. The zero-order valence-corrected chi connectivity index (χ0v) is 24.4. The van der Waals surface area contributed by atoms with Crippen molar-refractivity contribution in [2.75, 3.05) is 0 Å². The molecule has 37 heavy (non-hydrogen) atoms. The summed E-state index contributed by atoms with van der Waals surface area (Å²) in [5, 5.41) is 18.1. The van der Waals surface area contributed by atoms with Crippen molar-refractivity contribution < 1.29 is 10.2 Å². The van der Waals surface area contributed by atoms with Gasteiger partial charge in [-0.05, 0) is 41.0 Å². The van der Waals surface area contributed by atoms with Crippen LogP contribution in [0.3, 0.4) is 0 Å². The highest BCUT2D eigenvalue weighted by Crippen LogP contribution is 2.32. The normalized spacial score (nSPS) is 8.68. The van der Waals surface area contributed by atoms with Gasteiger partial charge in [-0.1, -0.05) is 159 Å². The smallest absolute Gasteiger partial charge is 0.115 e. The number of hydrogen-bond acceptors (Lipinski definition) is 2. The van der Waals surface area contributed by atoms with Gasteiger partial charge in [0.2, 0.25) is 0 Å². The van der Waals surface area contributed by atoms with E-state index in [1.165, 1.54) is 29.5 Å². The summed E-state index contributed by atoms with van der Waals surface area (Å²) in [6.07, 6.45) is 2.50. The lowest BCUT2D eigenvalue weighted by Gasteiger charge is -2.18. The van der Waals surface area contributed by atoms with Gasteiger partial charge in [0, 0.05) is 5.92 Å². The van der Waals surface area contributed by atoms with Crippen LogP contribution in [0.5, 0.6) is 11.5 Å². The fourth-order valence-corrected chi connectivity index (χ4v) is 2.96. The van der Waals surface area contributed by atoms with Gasteiger partial charge in [0.05, 0.1) is 0 Å². The van der Waals surface area contributed by atoms with Gasteiger partial charge in [0.15, 0.2) is 0 Å². The Morgan fingerprint density at radius 2 is 0.649 bits per heavy atom. The first-order chi connectivity index (χ1) is 18.1. The summed E-state index contributed by atoms with van der Waals surface area (Å²) in [5.41, 5.74) is 3.69. The molecule has 2 nitrogen and oxygen atoms in total. The second-order valence-corrected chi connectivity index (χ2v) is 7.60. The predicted molar refractivity (Wildman–Crippen MR) is 165 cm³/mol. The van der Waals surface area contributed by atoms with Crippen molar-refractivity contribution in [2.24, 2.45) is 0 Å². The van der Waals surface area contributed by atoms with Crippen LogP contribution in [0.4, 0.5) is 0 Å². The van der Waals surface area contributed by atoms with E-state index >= 15 is 0 Å². The first-order valence-electron chi connectivity index (χ1n) is 13.7. The fourth-order valence-electron chi connectivity index (χ4n) is 2.96. The van der Waals surface area contributed by atoms with Crippen molar-refractivity contribution in [2.45, 2.75) is 74.1 Å². The Labute approximate surface area is 227 Å². The fraction of sp³-hybridized carbons (Fsp3) is 0.314. The molecule has 0 heterocycles. The molecule has 202 valence electrons. The van der Waals surface area contributed by atoms with Crippen molar-refractivity contribution >= 4 is 0 Å².